The highest BCUT2D eigenvalue weighted by Crippen LogP contribution is 2.30. The van der Waals surface area contributed by atoms with E-state index >= 15 is 0 Å². The maximum Gasteiger partial charge on any atom is 0.416 e. The predicted molar refractivity (Wildman–Crippen MR) is 73.0 cm³/mol. The Balaban J connectivity index is 1.96. The van der Waals surface area contributed by atoms with E-state index in [0.717, 1.165) is 24.3 Å². The first-order valence-electron chi connectivity index (χ1n) is 6.84. The van der Waals surface area contributed by atoms with Gasteiger partial charge < -0.3 is 16.0 Å². The fraction of sp³-hybridized carbons (Fsp3) is 0.429. The van der Waals surface area contributed by atoms with Gasteiger partial charge in [-0.15, -0.1) is 0 Å². The maximum absolute atomic E-state index is 14.1. The zero-order valence-corrected chi connectivity index (χ0v) is 11.9. The number of nitrogens with two attached hydrogens (primary N) is 1. The van der Waals surface area contributed by atoms with Crippen LogP contribution in [0.1, 0.15) is 23.7 Å². The van der Waals surface area contributed by atoms with E-state index in [0.29, 0.717) is 13.0 Å². The zero-order valence-electron chi connectivity index (χ0n) is 11.9. The van der Waals surface area contributed by atoms with Crippen molar-refractivity contribution in [3.05, 3.63) is 35.4 Å². The van der Waals surface area contributed by atoms with Crippen molar-refractivity contribution >= 4 is 11.9 Å². The number of alkyl halides is 4. The summed E-state index contributed by atoms with van der Waals surface area (Å²) in [7, 11) is 0. The SMILES string of the molecule is NC(=O)N1CC[C@@H](NC(=O)[C@H](F)c2ccc(C(F)(F)F)cc2)C1. The number of hydrogen-bond donors (Lipinski definition) is 2. The van der Waals surface area contributed by atoms with Crippen molar-refractivity contribution in [1.29, 1.82) is 0 Å². The lowest BCUT2D eigenvalue weighted by atomic mass is 10.1. The standard InChI is InChI=1S/C14H15F4N3O2/c15-11(8-1-3-9(4-2-8)14(16,17)18)12(22)20-10-5-6-21(7-10)13(19)23/h1-4,10-11H,5-7H2,(H2,19,23)(H,20,22)/t10-,11-/m1/s1. The van der Waals surface area contributed by atoms with Crippen LogP contribution in [-0.2, 0) is 11.0 Å². The van der Waals surface area contributed by atoms with Gasteiger partial charge in [-0.1, -0.05) is 12.1 Å². The minimum atomic E-state index is -4.52. The topological polar surface area (TPSA) is 75.4 Å². The molecule has 126 valence electrons. The molecular formula is C14H15F4N3O2. The molecule has 0 aliphatic carbocycles. The second-order valence-corrected chi connectivity index (χ2v) is 5.26. The van der Waals surface area contributed by atoms with Gasteiger partial charge >= 0.3 is 12.2 Å². The van der Waals surface area contributed by atoms with Crippen molar-refractivity contribution in [1.82, 2.24) is 10.2 Å². The lowest BCUT2D eigenvalue weighted by Crippen LogP contribution is -2.41. The van der Waals surface area contributed by atoms with Crippen LogP contribution in [0.4, 0.5) is 22.4 Å². The number of carbonyl (C=O) groups is 2. The number of amides is 3. The molecule has 1 aromatic rings. The van der Waals surface area contributed by atoms with E-state index in [-0.39, 0.29) is 12.1 Å². The van der Waals surface area contributed by atoms with Gasteiger partial charge in [0.15, 0.2) is 0 Å². The first kappa shape index (κ1) is 17.0. The molecule has 1 aliphatic heterocycles. The van der Waals surface area contributed by atoms with Gasteiger partial charge in [0.2, 0.25) is 6.17 Å². The molecule has 0 unspecified atom stereocenters. The summed E-state index contributed by atoms with van der Waals surface area (Å²) in [4.78, 5) is 24.1. The highest BCUT2D eigenvalue weighted by atomic mass is 19.4. The third-order valence-corrected chi connectivity index (χ3v) is 3.61. The molecular weight excluding hydrogens is 318 g/mol. The van der Waals surface area contributed by atoms with Gasteiger partial charge in [-0.05, 0) is 24.1 Å². The predicted octanol–water partition coefficient (Wildman–Crippen LogP) is 1.99. The zero-order chi connectivity index (χ0) is 17.2. The third kappa shape index (κ3) is 4.11. The number of urea groups is 1. The van der Waals surface area contributed by atoms with Crippen LogP contribution >= 0.6 is 0 Å². The number of primary amides is 1. The van der Waals surface area contributed by atoms with E-state index < -0.39 is 35.9 Å². The van der Waals surface area contributed by atoms with Crippen LogP contribution in [-0.4, -0.2) is 36.0 Å². The molecule has 0 bridgehead atoms. The van der Waals surface area contributed by atoms with Crippen LogP contribution in [0.15, 0.2) is 24.3 Å². The van der Waals surface area contributed by atoms with Crippen LogP contribution in [0.2, 0.25) is 0 Å². The third-order valence-electron chi connectivity index (χ3n) is 3.61. The molecule has 3 N–H and O–H groups in total. The van der Waals surface area contributed by atoms with Gasteiger partial charge in [-0.2, -0.15) is 13.2 Å². The molecule has 0 saturated carbocycles. The number of halogens is 4. The molecule has 1 aromatic carbocycles. The Morgan fingerprint density at radius 2 is 1.87 bits per heavy atom. The van der Waals surface area contributed by atoms with E-state index in [9.17, 15) is 27.2 Å². The monoisotopic (exact) mass is 333 g/mol. The molecule has 1 fully saturated rings. The summed E-state index contributed by atoms with van der Waals surface area (Å²) in [5.41, 5.74) is 4.02. The van der Waals surface area contributed by atoms with Gasteiger partial charge in [-0.25, -0.2) is 9.18 Å². The van der Waals surface area contributed by atoms with Crippen LogP contribution < -0.4 is 11.1 Å². The van der Waals surface area contributed by atoms with E-state index in [4.69, 9.17) is 5.73 Å². The molecule has 23 heavy (non-hydrogen) atoms. The average Bonchev–Trinajstić information content (AvgIpc) is 2.94. The summed E-state index contributed by atoms with van der Waals surface area (Å²) < 4.78 is 51.4. The summed E-state index contributed by atoms with van der Waals surface area (Å²) in [6, 6.07) is 2.25. The summed E-state index contributed by atoms with van der Waals surface area (Å²) in [6.45, 7) is 0.540. The number of nitrogens with zero attached hydrogens (tertiary/aromatic N) is 1. The summed E-state index contributed by atoms with van der Waals surface area (Å²) in [5.74, 6) is -0.957. The van der Waals surface area contributed by atoms with E-state index in [1.165, 1.54) is 4.90 Å². The Morgan fingerprint density at radius 1 is 1.26 bits per heavy atom. The Labute approximate surface area is 129 Å². The Hall–Kier alpha value is -2.32. The van der Waals surface area contributed by atoms with Gasteiger partial charge in [0.25, 0.3) is 5.91 Å². The molecule has 1 aliphatic rings. The molecule has 5 nitrogen and oxygen atoms in total. The van der Waals surface area contributed by atoms with Crippen molar-refractivity contribution in [3.63, 3.8) is 0 Å². The van der Waals surface area contributed by atoms with Crippen LogP contribution in [0.3, 0.4) is 0 Å². The summed E-state index contributed by atoms with van der Waals surface area (Å²) >= 11 is 0. The number of carbonyl (C=O) groups excluding carboxylic acids is 2. The molecule has 9 heteroatoms. The molecule has 0 radical (unpaired) electrons. The fourth-order valence-electron chi connectivity index (χ4n) is 2.35. The fourth-order valence-corrected chi connectivity index (χ4v) is 2.35. The number of nitrogens with one attached hydrogen (secondary N) is 1. The van der Waals surface area contributed by atoms with E-state index in [1.54, 1.807) is 0 Å². The second-order valence-electron chi connectivity index (χ2n) is 5.26. The molecule has 2 rings (SSSR count). The lowest BCUT2D eigenvalue weighted by molar-refractivity contribution is -0.137. The van der Waals surface area contributed by atoms with Crippen LogP contribution in [0.5, 0.6) is 0 Å². The van der Waals surface area contributed by atoms with Gasteiger partial charge in [0.1, 0.15) is 0 Å². The van der Waals surface area contributed by atoms with Gasteiger partial charge in [-0.3, -0.25) is 4.79 Å². The van der Waals surface area contributed by atoms with E-state index in [2.05, 4.69) is 5.32 Å². The lowest BCUT2D eigenvalue weighted by Gasteiger charge is -2.16. The molecule has 1 heterocycles. The highest BCUT2D eigenvalue weighted by Gasteiger charge is 2.32. The molecule has 0 spiro atoms. The van der Waals surface area contributed by atoms with Crippen molar-refractivity contribution in [2.75, 3.05) is 13.1 Å². The quantitative estimate of drug-likeness (QED) is 0.830. The van der Waals surface area contributed by atoms with Crippen LogP contribution in [0, 0.1) is 0 Å². The van der Waals surface area contributed by atoms with E-state index in [1.807, 2.05) is 0 Å². The summed E-state index contributed by atoms with van der Waals surface area (Å²) in [5, 5.41) is 2.42. The first-order chi connectivity index (χ1) is 10.7. The number of rotatable bonds is 3. The number of likely N-dealkylation sites (tertiary alicyclic amines) is 1. The Kier molecular flexibility index (Phi) is 4.76. The van der Waals surface area contributed by atoms with Crippen molar-refractivity contribution in [2.24, 2.45) is 5.73 Å². The van der Waals surface area contributed by atoms with Gasteiger partial charge in [0, 0.05) is 19.1 Å². The second kappa shape index (κ2) is 6.43. The molecule has 2 atom stereocenters. The molecule has 0 aromatic heterocycles. The Bertz CT molecular complexity index is 589. The minimum Gasteiger partial charge on any atom is -0.351 e. The molecule has 1 saturated heterocycles. The van der Waals surface area contributed by atoms with Crippen LogP contribution in [0.25, 0.3) is 0 Å². The summed E-state index contributed by atoms with van der Waals surface area (Å²) in [6.07, 6.45) is -6.16. The maximum atomic E-state index is 14.1. The average molecular weight is 333 g/mol. The van der Waals surface area contributed by atoms with Crippen molar-refractivity contribution < 1.29 is 27.2 Å². The van der Waals surface area contributed by atoms with Crippen molar-refractivity contribution in [3.8, 4) is 0 Å². The first-order valence-corrected chi connectivity index (χ1v) is 6.84. The smallest absolute Gasteiger partial charge is 0.351 e. The van der Waals surface area contributed by atoms with Crippen molar-refractivity contribution in [2.45, 2.75) is 24.8 Å². The highest BCUT2D eigenvalue weighted by molar-refractivity contribution is 5.82. The Morgan fingerprint density at radius 3 is 2.35 bits per heavy atom. The number of hydrogen-bond acceptors (Lipinski definition) is 2. The number of benzene rings is 1. The normalized spacial score (nSPS) is 19.5. The van der Waals surface area contributed by atoms with Gasteiger partial charge in [0.05, 0.1) is 5.56 Å². The molecule has 3 amide bonds. The minimum absolute atomic E-state index is 0.166. The largest absolute Gasteiger partial charge is 0.416 e.